The Bertz CT molecular complexity index is 1040. The fourth-order valence-electron chi connectivity index (χ4n) is 3.59. The molecule has 0 bridgehead atoms. The van der Waals surface area contributed by atoms with Gasteiger partial charge in [-0.05, 0) is 43.6 Å². The van der Waals surface area contributed by atoms with Gasteiger partial charge in [-0.25, -0.2) is 9.78 Å². The molecule has 0 aliphatic heterocycles. The molecule has 4 N–H and O–H groups in total. The highest BCUT2D eigenvalue weighted by molar-refractivity contribution is 6.05. The second-order valence-electron chi connectivity index (χ2n) is 8.54. The first-order valence-corrected chi connectivity index (χ1v) is 10.1. The van der Waals surface area contributed by atoms with Gasteiger partial charge < -0.3 is 11.1 Å². The van der Waals surface area contributed by atoms with Crippen molar-refractivity contribution in [3.05, 3.63) is 38.2 Å². The molecule has 2 saturated carbocycles. The molecule has 2 aliphatic rings. The number of fused-ring (bicyclic) bond motifs is 1. The van der Waals surface area contributed by atoms with E-state index >= 15 is 0 Å². The minimum Gasteiger partial charge on any atom is -0.350 e. The van der Waals surface area contributed by atoms with Crippen molar-refractivity contribution >= 4 is 41.8 Å². The summed E-state index contributed by atoms with van der Waals surface area (Å²) in [5.41, 5.74) is 6.36. The van der Waals surface area contributed by atoms with E-state index in [1.807, 2.05) is 13.8 Å². The topological polar surface area (TPSA) is 123 Å². The number of carbonyl (C=O) groups is 1. The van der Waals surface area contributed by atoms with Crippen molar-refractivity contribution in [2.75, 3.05) is 6.54 Å². The van der Waals surface area contributed by atoms with Crippen molar-refractivity contribution in [1.29, 1.82) is 0 Å². The van der Waals surface area contributed by atoms with Crippen molar-refractivity contribution in [2.45, 2.75) is 58.0 Å². The standard InChI is InChI=1S/C20H27N5O3.2ClH/c1-10(2)9-25-17-16(19(27)24-20(25)28)13(7-15(23-17)12-5-6-12)18(26)22-8-14(21)11-3-4-11;;/h7,10-12,14H,3-6,8-9,21H2,1-2H3,(H,22,26)(H,24,27,28);2*1H. The van der Waals surface area contributed by atoms with Crippen LogP contribution in [0.2, 0.25) is 0 Å². The van der Waals surface area contributed by atoms with E-state index in [0.717, 1.165) is 31.4 Å². The normalized spacial score (nSPS) is 16.7. The summed E-state index contributed by atoms with van der Waals surface area (Å²) < 4.78 is 1.47. The number of pyridine rings is 1. The van der Waals surface area contributed by atoms with Crippen LogP contribution in [0.5, 0.6) is 0 Å². The van der Waals surface area contributed by atoms with E-state index in [1.165, 1.54) is 4.57 Å². The van der Waals surface area contributed by atoms with E-state index in [0.29, 0.717) is 24.7 Å². The Morgan fingerprint density at radius 1 is 1.27 bits per heavy atom. The quantitative estimate of drug-likeness (QED) is 0.585. The highest BCUT2D eigenvalue weighted by atomic mass is 35.5. The number of rotatable bonds is 7. The van der Waals surface area contributed by atoms with Gasteiger partial charge in [0.1, 0.15) is 0 Å². The van der Waals surface area contributed by atoms with Gasteiger partial charge in [-0.2, -0.15) is 0 Å². The molecule has 0 aromatic carbocycles. The molecule has 4 rings (SSSR count). The van der Waals surface area contributed by atoms with Gasteiger partial charge in [0, 0.05) is 30.7 Å². The van der Waals surface area contributed by atoms with Crippen LogP contribution < -0.4 is 22.3 Å². The predicted octanol–water partition coefficient (Wildman–Crippen LogP) is 1.93. The Labute approximate surface area is 186 Å². The number of carbonyl (C=O) groups excluding carboxylic acids is 1. The Morgan fingerprint density at radius 3 is 2.50 bits per heavy atom. The molecule has 0 radical (unpaired) electrons. The van der Waals surface area contributed by atoms with Crippen LogP contribution in [0.25, 0.3) is 11.0 Å². The number of hydrogen-bond donors (Lipinski definition) is 3. The van der Waals surface area contributed by atoms with Gasteiger partial charge in [0.05, 0.1) is 10.9 Å². The molecular formula is C20H29Cl2N5O3. The van der Waals surface area contributed by atoms with Crippen molar-refractivity contribution in [1.82, 2.24) is 19.9 Å². The maximum Gasteiger partial charge on any atom is 0.330 e. The van der Waals surface area contributed by atoms with Crippen LogP contribution in [0.4, 0.5) is 0 Å². The zero-order valence-corrected chi connectivity index (χ0v) is 18.8. The number of aromatic amines is 1. The molecule has 30 heavy (non-hydrogen) atoms. The molecule has 2 fully saturated rings. The average molecular weight is 458 g/mol. The van der Waals surface area contributed by atoms with Crippen LogP contribution in [0.1, 0.15) is 61.5 Å². The van der Waals surface area contributed by atoms with E-state index in [9.17, 15) is 14.4 Å². The second-order valence-corrected chi connectivity index (χ2v) is 8.54. The first-order chi connectivity index (χ1) is 13.3. The van der Waals surface area contributed by atoms with E-state index < -0.39 is 11.2 Å². The van der Waals surface area contributed by atoms with Crippen molar-refractivity contribution in [3.8, 4) is 0 Å². The Hall–Kier alpha value is -1.90. The number of nitrogens with one attached hydrogen (secondary N) is 2. The van der Waals surface area contributed by atoms with Crippen LogP contribution in [0.15, 0.2) is 15.7 Å². The van der Waals surface area contributed by atoms with E-state index in [1.54, 1.807) is 6.07 Å². The van der Waals surface area contributed by atoms with Crippen molar-refractivity contribution in [3.63, 3.8) is 0 Å². The fraction of sp³-hybridized carbons (Fsp3) is 0.600. The maximum absolute atomic E-state index is 12.9. The largest absolute Gasteiger partial charge is 0.350 e. The van der Waals surface area contributed by atoms with Crippen LogP contribution in [0.3, 0.4) is 0 Å². The summed E-state index contributed by atoms with van der Waals surface area (Å²) in [5.74, 6) is 0.598. The summed E-state index contributed by atoms with van der Waals surface area (Å²) in [6.45, 7) is 4.76. The SMILES string of the molecule is CC(C)Cn1c(=O)[nH]c(=O)c2c(C(=O)NCC(N)C3CC3)cc(C3CC3)nc21.Cl.Cl. The van der Waals surface area contributed by atoms with Gasteiger partial charge in [-0.15, -0.1) is 24.8 Å². The number of nitrogens with zero attached hydrogens (tertiary/aromatic N) is 2. The van der Waals surface area contributed by atoms with Crippen molar-refractivity contribution < 1.29 is 4.79 Å². The summed E-state index contributed by atoms with van der Waals surface area (Å²) in [5, 5.41) is 3.04. The third-order valence-electron chi connectivity index (χ3n) is 5.48. The predicted molar refractivity (Wildman–Crippen MR) is 121 cm³/mol. The lowest BCUT2D eigenvalue weighted by Gasteiger charge is -2.16. The summed E-state index contributed by atoms with van der Waals surface area (Å²) >= 11 is 0. The zero-order valence-electron chi connectivity index (χ0n) is 17.1. The summed E-state index contributed by atoms with van der Waals surface area (Å²) in [6, 6.07) is 1.63. The number of hydrogen-bond acceptors (Lipinski definition) is 5. The molecule has 166 valence electrons. The first-order valence-electron chi connectivity index (χ1n) is 10.1. The molecule has 2 aromatic heterocycles. The minimum absolute atomic E-state index is 0. The van der Waals surface area contributed by atoms with Gasteiger partial charge in [0.25, 0.3) is 11.5 Å². The minimum atomic E-state index is -0.577. The Morgan fingerprint density at radius 2 is 1.93 bits per heavy atom. The molecular weight excluding hydrogens is 429 g/mol. The molecule has 1 amide bonds. The highest BCUT2D eigenvalue weighted by Crippen LogP contribution is 2.40. The van der Waals surface area contributed by atoms with E-state index in [2.05, 4.69) is 15.3 Å². The van der Waals surface area contributed by atoms with Crippen LogP contribution in [0, 0.1) is 11.8 Å². The molecule has 10 heteroatoms. The molecule has 2 aromatic rings. The van der Waals surface area contributed by atoms with Gasteiger partial charge in [0.2, 0.25) is 0 Å². The lowest BCUT2D eigenvalue weighted by molar-refractivity contribution is 0.0951. The third-order valence-corrected chi connectivity index (χ3v) is 5.48. The molecule has 2 aliphatic carbocycles. The Kier molecular flexibility index (Phi) is 7.71. The zero-order chi connectivity index (χ0) is 20.0. The molecule has 8 nitrogen and oxygen atoms in total. The van der Waals surface area contributed by atoms with Crippen LogP contribution >= 0.6 is 24.8 Å². The number of amides is 1. The lowest BCUT2D eigenvalue weighted by Crippen LogP contribution is -2.39. The van der Waals surface area contributed by atoms with E-state index in [4.69, 9.17) is 5.73 Å². The number of nitrogens with two attached hydrogens (primary N) is 1. The highest BCUT2D eigenvalue weighted by Gasteiger charge is 2.30. The van der Waals surface area contributed by atoms with Gasteiger partial charge in [-0.3, -0.25) is 19.1 Å². The summed E-state index contributed by atoms with van der Waals surface area (Å²) in [6.07, 6.45) is 4.21. The lowest BCUT2D eigenvalue weighted by atomic mass is 10.1. The summed E-state index contributed by atoms with van der Waals surface area (Å²) in [7, 11) is 0. The Balaban J connectivity index is 0.00000160. The monoisotopic (exact) mass is 457 g/mol. The number of H-pyrrole nitrogens is 1. The van der Waals surface area contributed by atoms with Crippen LogP contribution in [-0.2, 0) is 6.54 Å². The van der Waals surface area contributed by atoms with E-state index in [-0.39, 0.29) is 59.5 Å². The number of halogens is 2. The van der Waals surface area contributed by atoms with Crippen LogP contribution in [-0.4, -0.2) is 33.0 Å². The molecule has 1 atom stereocenters. The van der Waals surface area contributed by atoms with Gasteiger partial charge >= 0.3 is 5.69 Å². The number of aromatic nitrogens is 3. The van der Waals surface area contributed by atoms with Crippen molar-refractivity contribution in [2.24, 2.45) is 17.6 Å². The molecule has 0 spiro atoms. The average Bonchev–Trinajstić information content (AvgIpc) is 3.54. The first kappa shape index (κ1) is 24.4. The van der Waals surface area contributed by atoms with Gasteiger partial charge in [-0.1, -0.05) is 13.8 Å². The smallest absolute Gasteiger partial charge is 0.330 e. The molecule has 2 heterocycles. The molecule has 1 unspecified atom stereocenters. The second kappa shape index (κ2) is 9.49. The van der Waals surface area contributed by atoms with Gasteiger partial charge in [0.15, 0.2) is 5.65 Å². The molecule has 0 saturated heterocycles. The summed E-state index contributed by atoms with van der Waals surface area (Å²) in [4.78, 5) is 44.9. The maximum atomic E-state index is 12.9. The third kappa shape index (κ3) is 5.04. The fourth-order valence-corrected chi connectivity index (χ4v) is 3.59.